The van der Waals surface area contributed by atoms with Crippen LogP contribution >= 0.6 is 0 Å². The zero-order valence-corrected chi connectivity index (χ0v) is 12.7. The molecule has 6 heteroatoms. The number of ether oxygens (including phenoxy) is 2. The SMILES string of the molecule is CCCc1nc(N)c(C)c(NCCCOCCOC)n1. The summed E-state index contributed by atoms with van der Waals surface area (Å²) in [5.41, 5.74) is 6.81. The highest BCUT2D eigenvalue weighted by Crippen LogP contribution is 2.17. The van der Waals surface area contributed by atoms with Crippen LogP contribution in [0.15, 0.2) is 0 Å². The van der Waals surface area contributed by atoms with E-state index >= 15 is 0 Å². The molecule has 0 aliphatic heterocycles. The Morgan fingerprint density at radius 2 is 2.00 bits per heavy atom. The lowest BCUT2D eigenvalue weighted by atomic mass is 10.2. The number of aromatic nitrogens is 2. The van der Waals surface area contributed by atoms with Crippen molar-refractivity contribution >= 4 is 11.6 Å². The highest BCUT2D eigenvalue weighted by molar-refractivity contribution is 5.54. The zero-order valence-electron chi connectivity index (χ0n) is 12.7. The van der Waals surface area contributed by atoms with E-state index in [1.54, 1.807) is 7.11 Å². The monoisotopic (exact) mass is 282 g/mol. The third kappa shape index (κ3) is 5.71. The minimum Gasteiger partial charge on any atom is -0.383 e. The molecule has 1 rings (SSSR count). The molecule has 0 saturated heterocycles. The number of aryl methyl sites for hydroxylation is 1. The molecule has 0 aromatic carbocycles. The molecule has 0 saturated carbocycles. The number of anilines is 2. The fraction of sp³-hybridized carbons (Fsp3) is 0.714. The first-order chi connectivity index (χ1) is 9.69. The molecule has 0 aliphatic rings. The van der Waals surface area contributed by atoms with E-state index in [2.05, 4.69) is 22.2 Å². The molecule has 0 unspecified atom stereocenters. The summed E-state index contributed by atoms with van der Waals surface area (Å²) in [5, 5.41) is 3.30. The van der Waals surface area contributed by atoms with E-state index < -0.39 is 0 Å². The summed E-state index contributed by atoms with van der Waals surface area (Å²) in [6, 6.07) is 0. The second-order valence-corrected chi connectivity index (χ2v) is 4.63. The molecule has 0 radical (unpaired) electrons. The summed E-state index contributed by atoms with van der Waals surface area (Å²) in [6.45, 7) is 6.81. The summed E-state index contributed by atoms with van der Waals surface area (Å²) in [6.07, 6.45) is 2.77. The summed E-state index contributed by atoms with van der Waals surface area (Å²) >= 11 is 0. The first-order valence-electron chi connectivity index (χ1n) is 7.12. The van der Waals surface area contributed by atoms with Crippen LogP contribution in [0.4, 0.5) is 11.6 Å². The van der Waals surface area contributed by atoms with Gasteiger partial charge in [-0.25, -0.2) is 9.97 Å². The van der Waals surface area contributed by atoms with Crippen LogP contribution in [0.25, 0.3) is 0 Å². The van der Waals surface area contributed by atoms with Crippen LogP contribution < -0.4 is 11.1 Å². The van der Waals surface area contributed by atoms with Crippen molar-refractivity contribution in [2.75, 3.05) is 44.5 Å². The van der Waals surface area contributed by atoms with Gasteiger partial charge in [-0.1, -0.05) is 6.92 Å². The van der Waals surface area contributed by atoms with Gasteiger partial charge in [0.1, 0.15) is 17.5 Å². The summed E-state index contributed by atoms with van der Waals surface area (Å²) < 4.78 is 10.3. The number of nitrogens with zero attached hydrogens (tertiary/aromatic N) is 2. The Kier molecular flexibility index (Phi) is 7.91. The van der Waals surface area contributed by atoms with Crippen molar-refractivity contribution in [3.63, 3.8) is 0 Å². The highest BCUT2D eigenvalue weighted by atomic mass is 16.5. The molecule has 1 aromatic heterocycles. The van der Waals surface area contributed by atoms with Gasteiger partial charge in [-0.15, -0.1) is 0 Å². The van der Waals surface area contributed by atoms with Gasteiger partial charge in [-0.05, 0) is 19.8 Å². The number of hydrogen-bond acceptors (Lipinski definition) is 6. The van der Waals surface area contributed by atoms with Crippen molar-refractivity contribution in [2.24, 2.45) is 0 Å². The molecule has 114 valence electrons. The third-order valence-electron chi connectivity index (χ3n) is 2.89. The maximum atomic E-state index is 5.91. The van der Waals surface area contributed by atoms with Crippen molar-refractivity contribution < 1.29 is 9.47 Å². The van der Waals surface area contributed by atoms with Crippen LogP contribution in [0.2, 0.25) is 0 Å². The molecular weight excluding hydrogens is 256 g/mol. The predicted molar refractivity (Wildman–Crippen MR) is 81.0 cm³/mol. The molecule has 0 fully saturated rings. The van der Waals surface area contributed by atoms with Crippen LogP contribution in [-0.4, -0.2) is 43.4 Å². The number of nitrogen functional groups attached to an aromatic ring is 1. The maximum Gasteiger partial charge on any atom is 0.134 e. The minimum absolute atomic E-state index is 0.558. The quantitative estimate of drug-likeness (QED) is 0.637. The molecule has 0 bridgehead atoms. The van der Waals surface area contributed by atoms with E-state index in [-0.39, 0.29) is 0 Å². The van der Waals surface area contributed by atoms with Crippen molar-refractivity contribution in [3.8, 4) is 0 Å². The van der Waals surface area contributed by atoms with E-state index in [1.165, 1.54) is 0 Å². The molecule has 1 aromatic rings. The number of nitrogens with one attached hydrogen (secondary N) is 1. The second kappa shape index (κ2) is 9.50. The van der Waals surface area contributed by atoms with E-state index in [9.17, 15) is 0 Å². The molecule has 0 aliphatic carbocycles. The van der Waals surface area contributed by atoms with Gasteiger partial charge in [0.15, 0.2) is 0 Å². The lowest BCUT2D eigenvalue weighted by Crippen LogP contribution is -2.12. The standard InChI is InChI=1S/C14H26N4O2/c1-4-6-12-17-13(15)11(2)14(18-12)16-7-5-8-20-10-9-19-3/h4-10H2,1-3H3,(H3,15,16,17,18). The van der Waals surface area contributed by atoms with Crippen molar-refractivity contribution in [3.05, 3.63) is 11.4 Å². The lowest BCUT2D eigenvalue weighted by Gasteiger charge is -2.12. The minimum atomic E-state index is 0.558. The Balaban J connectivity index is 2.38. The normalized spacial score (nSPS) is 10.8. The van der Waals surface area contributed by atoms with Gasteiger partial charge < -0.3 is 20.5 Å². The van der Waals surface area contributed by atoms with Crippen LogP contribution in [0.1, 0.15) is 31.2 Å². The molecule has 0 amide bonds. The van der Waals surface area contributed by atoms with E-state index in [0.717, 1.165) is 43.0 Å². The van der Waals surface area contributed by atoms with Crippen molar-refractivity contribution in [1.82, 2.24) is 9.97 Å². The Bertz CT molecular complexity index is 399. The van der Waals surface area contributed by atoms with E-state index in [0.29, 0.717) is 25.6 Å². The number of rotatable bonds is 10. The Morgan fingerprint density at radius 1 is 1.20 bits per heavy atom. The number of hydrogen-bond donors (Lipinski definition) is 2. The Hall–Kier alpha value is -1.40. The van der Waals surface area contributed by atoms with Crippen LogP contribution in [0.3, 0.4) is 0 Å². The summed E-state index contributed by atoms with van der Waals surface area (Å²) in [5.74, 6) is 2.19. The Labute approximate surface area is 121 Å². The highest BCUT2D eigenvalue weighted by Gasteiger charge is 2.07. The third-order valence-corrected chi connectivity index (χ3v) is 2.89. The Morgan fingerprint density at radius 3 is 2.70 bits per heavy atom. The van der Waals surface area contributed by atoms with Gasteiger partial charge in [-0.2, -0.15) is 0 Å². The fourth-order valence-corrected chi connectivity index (χ4v) is 1.71. The second-order valence-electron chi connectivity index (χ2n) is 4.63. The summed E-state index contributed by atoms with van der Waals surface area (Å²) in [7, 11) is 1.67. The smallest absolute Gasteiger partial charge is 0.134 e. The molecule has 1 heterocycles. The zero-order chi connectivity index (χ0) is 14.8. The van der Waals surface area contributed by atoms with Crippen molar-refractivity contribution in [1.29, 1.82) is 0 Å². The molecule has 6 nitrogen and oxygen atoms in total. The summed E-state index contributed by atoms with van der Waals surface area (Å²) in [4.78, 5) is 8.80. The first kappa shape index (κ1) is 16.7. The topological polar surface area (TPSA) is 82.3 Å². The number of methoxy groups -OCH3 is 1. The van der Waals surface area contributed by atoms with Crippen molar-refractivity contribution in [2.45, 2.75) is 33.1 Å². The van der Waals surface area contributed by atoms with E-state index in [4.69, 9.17) is 15.2 Å². The number of nitrogens with two attached hydrogens (primary N) is 1. The van der Waals surface area contributed by atoms with Gasteiger partial charge in [0, 0.05) is 32.2 Å². The average molecular weight is 282 g/mol. The largest absolute Gasteiger partial charge is 0.383 e. The van der Waals surface area contributed by atoms with Crippen LogP contribution in [0.5, 0.6) is 0 Å². The fourth-order valence-electron chi connectivity index (χ4n) is 1.71. The van der Waals surface area contributed by atoms with Gasteiger partial charge in [-0.3, -0.25) is 0 Å². The van der Waals surface area contributed by atoms with Gasteiger partial charge in [0.05, 0.1) is 13.2 Å². The molecule has 3 N–H and O–H groups in total. The molecule has 0 spiro atoms. The van der Waals surface area contributed by atoms with Crippen LogP contribution in [-0.2, 0) is 15.9 Å². The van der Waals surface area contributed by atoms with Gasteiger partial charge in [0.2, 0.25) is 0 Å². The van der Waals surface area contributed by atoms with Gasteiger partial charge in [0.25, 0.3) is 0 Å². The van der Waals surface area contributed by atoms with Gasteiger partial charge >= 0.3 is 0 Å². The predicted octanol–water partition coefficient (Wildman–Crippen LogP) is 1.78. The molecule has 20 heavy (non-hydrogen) atoms. The lowest BCUT2D eigenvalue weighted by molar-refractivity contribution is 0.0705. The van der Waals surface area contributed by atoms with Crippen LogP contribution in [0, 0.1) is 6.92 Å². The van der Waals surface area contributed by atoms with E-state index in [1.807, 2.05) is 6.92 Å². The maximum absolute atomic E-state index is 5.91. The first-order valence-corrected chi connectivity index (χ1v) is 7.12. The average Bonchev–Trinajstić information content (AvgIpc) is 2.43. The molecular formula is C14H26N4O2. The molecule has 0 atom stereocenters.